The molecule has 0 radical (unpaired) electrons. The third-order valence-electron chi connectivity index (χ3n) is 2.36. The predicted molar refractivity (Wildman–Crippen MR) is 71.9 cm³/mol. The molecule has 2 amide bonds. The molecule has 0 aromatic heterocycles. The first kappa shape index (κ1) is 15.3. The fourth-order valence-electron chi connectivity index (χ4n) is 1.37. The Morgan fingerprint density at radius 3 is 2.68 bits per heavy atom. The average molecular weight is 286 g/mol. The van der Waals surface area contributed by atoms with Crippen LogP contribution in [-0.2, 0) is 16.1 Å². The summed E-state index contributed by atoms with van der Waals surface area (Å²) in [4.78, 5) is 22.3. The quantitative estimate of drug-likeness (QED) is 0.688. The van der Waals surface area contributed by atoms with Gasteiger partial charge in [0.1, 0.15) is 5.75 Å². The molecule has 1 aromatic carbocycles. The molecule has 0 saturated carbocycles. The summed E-state index contributed by atoms with van der Waals surface area (Å²) >= 11 is 5.83. The van der Waals surface area contributed by atoms with E-state index in [0.717, 1.165) is 5.56 Å². The van der Waals surface area contributed by atoms with Crippen molar-refractivity contribution in [1.29, 1.82) is 0 Å². The molecule has 1 rings (SSSR count). The van der Waals surface area contributed by atoms with Crippen LogP contribution in [-0.4, -0.2) is 32.0 Å². The summed E-state index contributed by atoms with van der Waals surface area (Å²) in [5.41, 5.74) is 5.90. The van der Waals surface area contributed by atoms with Crippen molar-refractivity contribution in [1.82, 2.24) is 10.6 Å². The maximum absolute atomic E-state index is 11.5. The largest absolute Gasteiger partial charge is 0.496 e. The topological polar surface area (TPSA) is 93.5 Å². The zero-order valence-electron chi connectivity index (χ0n) is 10.5. The van der Waals surface area contributed by atoms with Gasteiger partial charge in [0.2, 0.25) is 11.8 Å². The lowest BCUT2D eigenvalue weighted by Crippen LogP contribution is -2.39. The molecule has 0 unspecified atom stereocenters. The third kappa shape index (κ3) is 5.15. The summed E-state index contributed by atoms with van der Waals surface area (Å²) in [7, 11) is 1.53. The Morgan fingerprint density at radius 2 is 2.05 bits per heavy atom. The highest BCUT2D eigenvalue weighted by molar-refractivity contribution is 6.30. The van der Waals surface area contributed by atoms with Gasteiger partial charge in [-0.2, -0.15) is 0 Å². The lowest BCUT2D eigenvalue weighted by Gasteiger charge is -2.10. The maximum Gasteiger partial charge on any atom is 0.239 e. The van der Waals surface area contributed by atoms with Crippen LogP contribution in [0.4, 0.5) is 0 Å². The van der Waals surface area contributed by atoms with E-state index in [-0.39, 0.29) is 31.4 Å². The van der Waals surface area contributed by atoms with E-state index in [4.69, 9.17) is 22.1 Å². The zero-order valence-corrected chi connectivity index (χ0v) is 11.3. The molecule has 0 spiro atoms. The van der Waals surface area contributed by atoms with Crippen molar-refractivity contribution in [3.63, 3.8) is 0 Å². The number of carbonyl (C=O) groups is 2. The Balaban J connectivity index is 2.48. The number of benzene rings is 1. The van der Waals surface area contributed by atoms with E-state index in [1.165, 1.54) is 7.11 Å². The summed E-state index contributed by atoms with van der Waals surface area (Å²) < 4.78 is 5.15. The van der Waals surface area contributed by atoms with Crippen molar-refractivity contribution in [2.75, 3.05) is 20.2 Å². The Morgan fingerprint density at radius 1 is 1.32 bits per heavy atom. The summed E-state index contributed by atoms with van der Waals surface area (Å²) in [5, 5.41) is 5.59. The number of nitrogens with two attached hydrogens (primary N) is 1. The fraction of sp³-hybridized carbons (Fsp3) is 0.333. The minimum Gasteiger partial charge on any atom is -0.496 e. The van der Waals surface area contributed by atoms with E-state index in [2.05, 4.69) is 10.6 Å². The Bertz CT molecular complexity index is 466. The molecule has 0 aliphatic rings. The highest BCUT2D eigenvalue weighted by Gasteiger charge is 2.07. The number of carbonyl (C=O) groups excluding carboxylic acids is 2. The van der Waals surface area contributed by atoms with Crippen LogP contribution in [0.25, 0.3) is 0 Å². The highest BCUT2D eigenvalue weighted by Crippen LogP contribution is 2.22. The van der Waals surface area contributed by atoms with Gasteiger partial charge in [-0.3, -0.25) is 9.59 Å². The first-order valence-electron chi connectivity index (χ1n) is 5.62. The van der Waals surface area contributed by atoms with E-state index in [1.54, 1.807) is 18.2 Å². The number of ether oxygens (including phenoxy) is 1. The van der Waals surface area contributed by atoms with Crippen molar-refractivity contribution in [2.45, 2.75) is 6.54 Å². The number of amides is 2. The zero-order chi connectivity index (χ0) is 14.3. The molecule has 104 valence electrons. The molecule has 6 nitrogen and oxygen atoms in total. The Labute approximate surface area is 116 Å². The number of methoxy groups -OCH3 is 1. The molecule has 19 heavy (non-hydrogen) atoms. The number of rotatable bonds is 6. The second-order valence-corrected chi connectivity index (χ2v) is 4.15. The standard InChI is InChI=1S/C12H16ClN3O3/c1-19-10-4-9(13)3-2-8(10)6-15-12(18)7-16-11(17)5-14/h2-4H,5-7,14H2,1H3,(H,15,18)(H,16,17). The molecule has 0 saturated heterocycles. The molecule has 7 heteroatoms. The second-order valence-electron chi connectivity index (χ2n) is 3.71. The van der Waals surface area contributed by atoms with Crippen LogP contribution in [0.3, 0.4) is 0 Å². The minimum absolute atomic E-state index is 0.105. The van der Waals surface area contributed by atoms with Gasteiger partial charge in [-0.15, -0.1) is 0 Å². The van der Waals surface area contributed by atoms with Gasteiger partial charge in [0.15, 0.2) is 0 Å². The summed E-state index contributed by atoms with van der Waals surface area (Å²) in [6.45, 7) is 0.0435. The monoisotopic (exact) mass is 285 g/mol. The Kier molecular flexibility index (Phi) is 6.11. The molecule has 0 aliphatic carbocycles. The first-order valence-corrected chi connectivity index (χ1v) is 6.00. The van der Waals surface area contributed by atoms with Gasteiger partial charge in [-0.05, 0) is 12.1 Å². The van der Waals surface area contributed by atoms with Crippen molar-refractivity contribution in [3.05, 3.63) is 28.8 Å². The van der Waals surface area contributed by atoms with Gasteiger partial charge in [-0.25, -0.2) is 0 Å². The van der Waals surface area contributed by atoms with E-state index in [1.807, 2.05) is 0 Å². The lowest BCUT2D eigenvalue weighted by molar-refractivity contribution is -0.125. The van der Waals surface area contributed by atoms with Crippen molar-refractivity contribution in [2.24, 2.45) is 5.73 Å². The predicted octanol–water partition coefficient (Wildman–Crippen LogP) is 0.0397. The number of hydrogen-bond acceptors (Lipinski definition) is 4. The number of halogens is 1. The van der Waals surface area contributed by atoms with E-state index < -0.39 is 0 Å². The van der Waals surface area contributed by atoms with Crippen molar-refractivity contribution >= 4 is 23.4 Å². The smallest absolute Gasteiger partial charge is 0.239 e. The first-order chi connectivity index (χ1) is 9.06. The molecule has 0 aliphatic heterocycles. The highest BCUT2D eigenvalue weighted by atomic mass is 35.5. The molecule has 0 fully saturated rings. The summed E-state index contributed by atoms with van der Waals surface area (Å²) in [6, 6.07) is 5.14. The van der Waals surface area contributed by atoms with Gasteiger partial charge < -0.3 is 21.1 Å². The maximum atomic E-state index is 11.5. The van der Waals surface area contributed by atoms with Crippen LogP contribution in [0, 0.1) is 0 Å². The normalized spacial score (nSPS) is 9.84. The molecule has 1 aromatic rings. The van der Waals surface area contributed by atoms with E-state index >= 15 is 0 Å². The SMILES string of the molecule is COc1cc(Cl)ccc1CNC(=O)CNC(=O)CN. The van der Waals surface area contributed by atoms with Gasteiger partial charge in [-0.1, -0.05) is 17.7 Å². The van der Waals surface area contributed by atoms with Gasteiger partial charge in [0.25, 0.3) is 0 Å². The second kappa shape index (κ2) is 7.60. The molecule has 0 bridgehead atoms. The van der Waals surface area contributed by atoms with Crippen LogP contribution in [0.5, 0.6) is 5.75 Å². The average Bonchev–Trinajstić information content (AvgIpc) is 2.43. The molecular weight excluding hydrogens is 270 g/mol. The van der Waals surface area contributed by atoms with Crippen molar-refractivity contribution in [3.8, 4) is 5.75 Å². The molecule has 4 N–H and O–H groups in total. The van der Waals surface area contributed by atoms with Crippen LogP contribution < -0.4 is 21.1 Å². The number of nitrogens with one attached hydrogen (secondary N) is 2. The molecular formula is C12H16ClN3O3. The van der Waals surface area contributed by atoms with E-state index in [0.29, 0.717) is 10.8 Å². The third-order valence-corrected chi connectivity index (χ3v) is 2.59. The summed E-state index contributed by atoms with van der Waals surface area (Å²) in [5.74, 6) is -0.0863. The number of hydrogen-bond donors (Lipinski definition) is 3. The molecule has 0 atom stereocenters. The van der Waals surface area contributed by atoms with Crippen LogP contribution >= 0.6 is 11.6 Å². The lowest BCUT2D eigenvalue weighted by atomic mass is 10.2. The van der Waals surface area contributed by atoms with Crippen molar-refractivity contribution < 1.29 is 14.3 Å². The van der Waals surface area contributed by atoms with Crippen LogP contribution in [0.2, 0.25) is 5.02 Å². The van der Waals surface area contributed by atoms with Crippen LogP contribution in [0.15, 0.2) is 18.2 Å². The molecule has 0 heterocycles. The Hall–Kier alpha value is -1.79. The van der Waals surface area contributed by atoms with Gasteiger partial charge in [0, 0.05) is 17.1 Å². The fourth-order valence-corrected chi connectivity index (χ4v) is 1.53. The van der Waals surface area contributed by atoms with E-state index in [9.17, 15) is 9.59 Å². The van der Waals surface area contributed by atoms with Gasteiger partial charge in [0.05, 0.1) is 20.2 Å². The van der Waals surface area contributed by atoms with Crippen LogP contribution in [0.1, 0.15) is 5.56 Å². The summed E-state index contributed by atoms with van der Waals surface area (Å²) in [6.07, 6.45) is 0. The minimum atomic E-state index is -0.376. The van der Waals surface area contributed by atoms with Gasteiger partial charge >= 0.3 is 0 Å².